The number of aliphatic hydroxyl groups excluding tert-OH is 2. The normalized spacial score (nSPS) is 35.2. The molecule has 2 rings (SSSR count). The van der Waals surface area contributed by atoms with Gasteiger partial charge in [-0.1, -0.05) is 61.8 Å². The molecule has 0 amide bonds. The molecule has 0 heterocycles. The topological polar surface area (TPSA) is 77.8 Å². The van der Waals surface area contributed by atoms with Crippen molar-refractivity contribution in [1.29, 1.82) is 0 Å². The van der Waals surface area contributed by atoms with Gasteiger partial charge in [-0.25, -0.2) is 0 Å². The first-order chi connectivity index (χ1) is 16.4. The molecule has 0 bridgehead atoms. The molecule has 0 radical (unpaired) electrons. The molecule has 0 unspecified atom stereocenters. The summed E-state index contributed by atoms with van der Waals surface area (Å²) >= 11 is 0. The molecule has 1 fully saturated rings. The van der Waals surface area contributed by atoms with Gasteiger partial charge in [0.05, 0.1) is 12.2 Å². The quantitative estimate of drug-likeness (QED) is 0.146. The van der Waals surface area contributed by atoms with Crippen LogP contribution in [0.1, 0.15) is 93.4 Å². The Balaban J connectivity index is 2.28. The molecular weight excluding hydrogens is 436 g/mol. The second kappa shape index (κ2) is 12.2. The van der Waals surface area contributed by atoms with Crippen LogP contribution in [0.3, 0.4) is 0 Å². The minimum Gasteiger partial charge on any atom is -0.396 e. The second-order valence-electron chi connectivity index (χ2n) is 12.1. The molecule has 2 aliphatic carbocycles. The maximum absolute atomic E-state index is 11.6. The standard InChI is InChI=1S/C31H50O4/c1-22(12-15-27-23(2)13-14-25(4)29(27,5)6)10-8-17-31(21-34)28(11-9-19-32)26(24(3)20-33)16-18-30(31,7)35/h10,12-13,15,20,25,27-28,32,34-35H,8-9,11,14,16-19,21H2,1-7H3/b15-12+,22-10+,26-24-/t25-,27-,28+,30-,31+/m0/s1. The van der Waals surface area contributed by atoms with Crippen LogP contribution in [0.2, 0.25) is 0 Å². The summed E-state index contributed by atoms with van der Waals surface area (Å²) in [5.41, 5.74) is 2.77. The lowest BCUT2D eigenvalue weighted by Crippen LogP contribution is -2.56. The number of carbonyl (C=O) groups is 1. The first-order valence-corrected chi connectivity index (χ1v) is 13.5. The Labute approximate surface area is 213 Å². The van der Waals surface area contributed by atoms with Crippen molar-refractivity contribution in [2.75, 3.05) is 13.2 Å². The number of aliphatic hydroxyl groups is 3. The van der Waals surface area contributed by atoms with Gasteiger partial charge in [-0.05, 0) is 95.5 Å². The molecule has 2 aliphatic rings. The Morgan fingerprint density at radius 1 is 1.20 bits per heavy atom. The van der Waals surface area contributed by atoms with Gasteiger partial charge >= 0.3 is 0 Å². The van der Waals surface area contributed by atoms with Crippen molar-refractivity contribution in [2.24, 2.45) is 28.6 Å². The van der Waals surface area contributed by atoms with Gasteiger partial charge in [0.1, 0.15) is 6.29 Å². The van der Waals surface area contributed by atoms with E-state index >= 15 is 0 Å². The van der Waals surface area contributed by atoms with Gasteiger partial charge in [0.25, 0.3) is 0 Å². The van der Waals surface area contributed by atoms with E-state index in [1.807, 2.05) is 13.8 Å². The Morgan fingerprint density at radius 2 is 1.89 bits per heavy atom. The Bertz CT molecular complexity index is 857. The summed E-state index contributed by atoms with van der Waals surface area (Å²) in [6, 6.07) is 0. The van der Waals surface area contributed by atoms with Crippen molar-refractivity contribution in [2.45, 2.75) is 99.0 Å². The van der Waals surface area contributed by atoms with Gasteiger partial charge in [0.2, 0.25) is 0 Å². The zero-order chi connectivity index (χ0) is 26.4. The van der Waals surface area contributed by atoms with Crippen LogP contribution in [0.15, 0.2) is 46.6 Å². The van der Waals surface area contributed by atoms with E-state index in [-0.39, 0.29) is 24.5 Å². The highest BCUT2D eigenvalue weighted by Crippen LogP contribution is 2.55. The Morgan fingerprint density at radius 3 is 2.49 bits per heavy atom. The smallest absolute Gasteiger partial charge is 0.145 e. The lowest BCUT2D eigenvalue weighted by atomic mass is 9.53. The molecule has 3 N–H and O–H groups in total. The van der Waals surface area contributed by atoms with Gasteiger partial charge in [0, 0.05) is 17.9 Å². The SMILES string of the molecule is CC1=CC[C@H](C)C(C)(C)[C@H]1/C=C/C(C)=C/CC[C@@]1(CO)[C@H](CCCO)/C(=C(/C)C=O)CC[C@]1(C)O. The van der Waals surface area contributed by atoms with E-state index in [0.717, 1.165) is 24.7 Å². The fraction of sp³-hybridized carbons (Fsp3) is 0.710. The van der Waals surface area contributed by atoms with E-state index in [0.29, 0.717) is 49.5 Å². The third kappa shape index (κ3) is 6.26. The van der Waals surface area contributed by atoms with Crippen molar-refractivity contribution >= 4 is 6.29 Å². The minimum absolute atomic E-state index is 0.0569. The highest BCUT2D eigenvalue weighted by Gasteiger charge is 2.55. The van der Waals surface area contributed by atoms with Crippen molar-refractivity contribution < 1.29 is 20.1 Å². The molecule has 5 atom stereocenters. The van der Waals surface area contributed by atoms with Gasteiger partial charge in [-0.15, -0.1) is 0 Å². The first-order valence-electron chi connectivity index (χ1n) is 13.5. The summed E-state index contributed by atoms with van der Waals surface area (Å²) in [4.78, 5) is 11.6. The van der Waals surface area contributed by atoms with E-state index in [4.69, 9.17) is 0 Å². The van der Waals surface area contributed by atoms with E-state index < -0.39 is 11.0 Å². The first kappa shape index (κ1) is 29.7. The van der Waals surface area contributed by atoms with Crippen LogP contribution in [0.4, 0.5) is 0 Å². The third-order valence-electron chi connectivity index (χ3n) is 9.62. The van der Waals surface area contributed by atoms with Crippen molar-refractivity contribution in [1.82, 2.24) is 0 Å². The highest BCUT2D eigenvalue weighted by molar-refractivity contribution is 5.74. The molecule has 0 aliphatic heterocycles. The molecule has 35 heavy (non-hydrogen) atoms. The molecule has 0 aromatic rings. The monoisotopic (exact) mass is 486 g/mol. The van der Waals surface area contributed by atoms with Gasteiger partial charge in [-0.2, -0.15) is 0 Å². The molecule has 0 aromatic carbocycles. The van der Waals surface area contributed by atoms with E-state index in [2.05, 4.69) is 58.9 Å². The lowest BCUT2D eigenvalue weighted by Gasteiger charge is -2.54. The largest absolute Gasteiger partial charge is 0.396 e. The summed E-state index contributed by atoms with van der Waals surface area (Å²) in [6.07, 6.45) is 14.9. The number of hydrogen-bond acceptors (Lipinski definition) is 4. The van der Waals surface area contributed by atoms with Crippen molar-refractivity contribution in [3.8, 4) is 0 Å². The maximum atomic E-state index is 11.6. The zero-order valence-electron chi connectivity index (χ0n) is 23.2. The summed E-state index contributed by atoms with van der Waals surface area (Å²) < 4.78 is 0. The number of allylic oxidation sites excluding steroid dienone is 8. The van der Waals surface area contributed by atoms with Crippen LogP contribution in [0.5, 0.6) is 0 Å². The van der Waals surface area contributed by atoms with Gasteiger partial charge < -0.3 is 15.3 Å². The highest BCUT2D eigenvalue weighted by atomic mass is 16.3. The van der Waals surface area contributed by atoms with Crippen LogP contribution in [-0.2, 0) is 4.79 Å². The minimum atomic E-state index is -1.05. The average molecular weight is 487 g/mol. The number of rotatable bonds is 10. The lowest BCUT2D eigenvalue weighted by molar-refractivity contribution is -0.146. The second-order valence-corrected chi connectivity index (χ2v) is 12.1. The van der Waals surface area contributed by atoms with E-state index in [1.165, 1.54) is 11.1 Å². The molecule has 1 saturated carbocycles. The number of aldehydes is 1. The Kier molecular flexibility index (Phi) is 10.3. The Hall–Kier alpha value is -1.49. The van der Waals surface area contributed by atoms with Crippen LogP contribution in [0, 0.1) is 28.6 Å². The third-order valence-corrected chi connectivity index (χ3v) is 9.62. The summed E-state index contributed by atoms with van der Waals surface area (Å²) in [6.45, 7) is 15.0. The predicted molar refractivity (Wildman–Crippen MR) is 145 cm³/mol. The van der Waals surface area contributed by atoms with Crippen LogP contribution < -0.4 is 0 Å². The molecule has 4 nitrogen and oxygen atoms in total. The molecule has 0 saturated heterocycles. The van der Waals surface area contributed by atoms with E-state index in [9.17, 15) is 20.1 Å². The maximum Gasteiger partial charge on any atom is 0.145 e. The average Bonchev–Trinajstić information content (AvgIpc) is 2.80. The fourth-order valence-electron chi connectivity index (χ4n) is 6.57. The predicted octanol–water partition coefficient (Wildman–Crippen LogP) is 6.33. The summed E-state index contributed by atoms with van der Waals surface area (Å²) in [7, 11) is 0. The van der Waals surface area contributed by atoms with Crippen LogP contribution >= 0.6 is 0 Å². The molecule has 0 aromatic heterocycles. The van der Waals surface area contributed by atoms with Crippen molar-refractivity contribution in [3.05, 3.63) is 46.6 Å². The molecule has 198 valence electrons. The molecule has 0 spiro atoms. The fourth-order valence-corrected chi connectivity index (χ4v) is 6.57. The van der Waals surface area contributed by atoms with Gasteiger partial charge in [0.15, 0.2) is 0 Å². The van der Waals surface area contributed by atoms with Gasteiger partial charge in [-0.3, -0.25) is 4.79 Å². The van der Waals surface area contributed by atoms with Crippen molar-refractivity contribution in [3.63, 3.8) is 0 Å². The molecule has 4 heteroatoms. The van der Waals surface area contributed by atoms with Crippen LogP contribution in [-0.4, -0.2) is 40.4 Å². The van der Waals surface area contributed by atoms with E-state index in [1.54, 1.807) is 0 Å². The van der Waals surface area contributed by atoms with Crippen LogP contribution in [0.25, 0.3) is 0 Å². The number of hydrogen-bond donors (Lipinski definition) is 3. The molecular formula is C31H50O4. The number of carbonyl (C=O) groups excluding carboxylic acids is 1. The summed E-state index contributed by atoms with van der Waals surface area (Å²) in [5, 5.41) is 31.7. The zero-order valence-corrected chi connectivity index (χ0v) is 23.2. The summed E-state index contributed by atoms with van der Waals surface area (Å²) in [5.74, 6) is 0.922.